The van der Waals surface area contributed by atoms with Crippen molar-refractivity contribution in [2.24, 2.45) is 5.10 Å². The van der Waals surface area contributed by atoms with E-state index in [4.69, 9.17) is 0 Å². The summed E-state index contributed by atoms with van der Waals surface area (Å²) in [5.41, 5.74) is -4.06. The molecule has 2 rings (SSSR count). The molecule has 0 spiro atoms. The van der Waals surface area contributed by atoms with E-state index in [0.29, 0.717) is 24.2 Å². The molecule has 0 fully saturated rings. The van der Waals surface area contributed by atoms with Crippen molar-refractivity contribution >= 4 is 27.1 Å². The summed E-state index contributed by atoms with van der Waals surface area (Å²) in [6.07, 6.45) is 0.675. The second-order valence-electron chi connectivity index (χ2n) is 6.39. The van der Waals surface area contributed by atoms with Gasteiger partial charge in [-0.25, -0.2) is 4.39 Å². The van der Waals surface area contributed by atoms with Crippen LogP contribution in [0.3, 0.4) is 0 Å². The van der Waals surface area contributed by atoms with E-state index in [2.05, 4.69) is 5.10 Å². The van der Waals surface area contributed by atoms with Crippen LogP contribution in [-0.2, 0) is 10.0 Å². The van der Waals surface area contributed by atoms with Gasteiger partial charge in [-0.1, -0.05) is 24.6 Å². The lowest BCUT2D eigenvalue weighted by Crippen LogP contribution is -2.30. The van der Waals surface area contributed by atoms with Gasteiger partial charge in [0.15, 0.2) is 0 Å². The van der Waals surface area contributed by atoms with Gasteiger partial charge in [0.25, 0.3) is 0 Å². The molecule has 0 saturated carbocycles. The van der Waals surface area contributed by atoms with Gasteiger partial charge >= 0.3 is 15.5 Å². The normalized spacial score (nSPS) is 12.7. The lowest BCUT2D eigenvalue weighted by Gasteiger charge is -2.21. The van der Waals surface area contributed by atoms with Gasteiger partial charge in [-0.2, -0.15) is 26.7 Å². The fourth-order valence-electron chi connectivity index (χ4n) is 2.57. The molecule has 2 aromatic carbocycles. The van der Waals surface area contributed by atoms with Gasteiger partial charge < -0.3 is 0 Å². The van der Waals surface area contributed by atoms with Crippen LogP contribution in [0.5, 0.6) is 0 Å². The predicted molar refractivity (Wildman–Crippen MR) is 106 cm³/mol. The molecule has 0 atom stereocenters. The Balaban J connectivity index is 2.50. The summed E-state index contributed by atoms with van der Waals surface area (Å²) in [4.78, 5) is 0. The zero-order chi connectivity index (χ0) is 21.8. The van der Waals surface area contributed by atoms with Crippen molar-refractivity contribution in [2.45, 2.75) is 32.7 Å². The summed E-state index contributed by atoms with van der Waals surface area (Å²) >= 11 is 0. The average Bonchev–Trinajstić information content (AvgIpc) is 2.61. The SMILES string of the molecule is CCCN(/N=C(\C)c1cc(C)ccc1NS(=O)(=O)C(F)(F)F)c1cccc(F)c1. The Labute approximate surface area is 167 Å². The van der Waals surface area contributed by atoms with Gasteiger partial charge in [0.2, 0.25) is 0 Å². The van der Waals surface area contributed by atoms with Crippen LogP contribution in [0, 0.1) is 12.7 Å². The molecule has 0 unspecified atom stereocenters. The van der Waals surface area contributed by atoms with Crippen LogP contribution < -0.4 is 9.73 Å². The highest BCUT2D eigenvalue weighted by atomic mass is 32.2. The highest BCUT2D eigenvalue weighted by Crippen LogP contribution is 2.28. The minimum absolute atomic E-state index is 0.190. The number of rotatable bonds is 7. The number of anilines is 2. The summed E-state index contributed by atoms with van der Waals surface area (Å²) in [5.74, 6) is -0.453. The molecule has 0 saturated heterocycles. The second-order valence-corrected chi connectivity index (χ2v) is 8.06. The lowest BCUT2D eigenvalue weighted by molar-refractivity contribution is -0.0429. The largest absolute Gasteiger partial charge is 0.516 e. The zero-order valence-electron chi connectivity index (χ0n) is 16.1. The molecule has 2 aromatic rings. The van der Waals surface area contributed by atoms with Gasteiger partial charge in [-0.15, -0.1) is 0 Å². The third-order valence-corrected chi connectivity index (χ3v) is 5.02. The molecule has 0 heterocycles. The van der Waals surface area contributed by atoms with Crippen molar-refractivity contribution in [1.29, 1.82) is 0 Å². The number of aryl methyl sites for hydroxylation is 1. The second kappa shape index (κ2) is 8.81. The van der Waals surface area contributed by atoms with Gasteiger partial charge in [0.05, 0.1) is 17.1 Å². The smallest absolute Gasteiger partial charge is 0.275 e. The fraction of sp³-hybridized carbons (Fsp3) is 0.316. The minimum Gasteiger partial charge on any atom is -0.275 e. The van der Waals surface area contributed by atoms with Crippen molar-refractivity contribution in [1.82, 2.24) is 0 Å². The van der Waals surface area contributed by atoms with Crippen molar-refractivity contribution in [3.63, 3.8) is 0 Å². The maximum absolute atomic E-state index is 13.6. The molecule has 10 heteroatoms. The molecule has 0 bridgehead atoms. The Morgan fingerprint density at radius 2 is 1.86 bits per heavy atom. The number of hydrogen-bond acceptors (Lipinski definition) is 4. The zero-order valence-corrected chi connectivity index (χ0v) is 16.9. The van der Waals surface area contributed by atoms with Crippen LogP contribution in [0.1, 0.15) is 31.4 Å². The molecule has 29 heavy (non-hydrogen) atoms. The molecule has 1 N–H and O–H groups in total. The number of nitrogens with zero attached hydrogens (tertiary/aromatic N) is 2. The van der Waals surface area contributed by atoms with E-state index in [1.165, 1.54) is 41.4 Å². The maximum atomic E-state index is 13.6. The average molecular weight is 431 g/mol. The monoisotopic (exact) mass is 431 g/mol. The third-order valence-electron chi connectivity index (χ3n) is 3.93. The van der Waals surface area contributed by atoms with E-state index in [1.807, 2.05) is 6.92 Å². The first-order valence-corrected chi connectivity index (χ1v) is 10.2. The number of benzene rings is 2. The Morgan fingerprint density at radius 1 is 1.17 bits per heavy atom. The van der Waals surface area contributed by atoms with Crippen LogP contribution in [0.25, 0.3) is 0 Å². The first kappa shape index (κ1) is 22.7. The van der Waals surface area contributed by atoms with Gasteiger partial charge in [0.1, 0.15) is 5.82 Å². The number of alkyl halides is 3. The highest BCUT2D eigenvalue weighted by molar-refractivity contribution is 7.93. The van der Waals surface area contributed by atoms with Crippen LogP contribution >= 0.6 is 0 Å². The molecule has 0 aromatic heterocycles. The summed E-state index contributed by atoms with van der Waals surface area (Å²) in [5, 5.41) is 5.93. The molecule has 5 nitrogen and oxygen atoms in total. The number of hydrogen-bond donors (Lipinski definition) is 1. The molecule has 0 aliphatic rings. The lowest BCUT2D eigenvalue weighted by atomic mass is 10.1. The molecule has 0 radical (unpaired) electrons. The molecular weight excluding hydrogens is 410 g/mol. The Morgan fingerprint density at radius 3 is 2.45 bits per heavy atom. The van der Waals surface area contributed by atoms with Crippen molar-refractivity contribution < 1.29 is 26.0 Å². The topological polar surface area (TPSA) is 61.8 Å². The van der Waals surface area contributed by atoms with E-state index in [9.17, 15) is 26.0 Å². The Kier molecular flexibility index (Phi) is 6.89. The van der Waals surface area contributed by atoms with Gasteiger partial charge in [0, 0.05) is 12.1 Å². The summed E-state index contributed by atoms with van der Waals surface area (Å²) < 4.78 is 76.6. The van der Waals surface area contributed by atoms with E-state index in [0.717, 1.165) is 0 Å². The number of nitrogens with one attached hydrogen (secondary N) is 1. The van der Waals surface area contributed by atoms with E-state index >= 15 is 0 Å². The predicted octanol–water partition coefficient (Wildman–Crippen LogP) is 5.04. The van der Waals surface area contributed by atoms with Crippen LogP contribution in [0.15, 0.2) is 47.6 Å². The van der Waals surface area contributed by atoms with Crippen LogP contribution in [0.4, 0.5) is 28.9 Å². The summed E-state index contributed by atoms with van der Waals surface area (Å²) in [7, 11) is -5.58. The van der Waals surface area contributed by atoms with Gasteiger partial charge in [-0.05, 0) is 50.6 Å². The summed E-state index contributed by atoms with van der Waals surface area (Å²) in [6.45, 7) is 5.58. The molecule has 0 amide bonds. The van der Waals surface area contributed by atoms with E-state index in [1.54, 1.807) is 24.6 Å². The van der Waals surface area contributed by atoms with Crippen molar-refractivity contribution in [3.05, 3.63) is 59.4 Å². The summed E-state index contributed by atoms with van der Waals surface area (Å²) in [6, 6.07) is 10.0. The molecule has 158 valence electrons. The first-order chi connectivity index (χ1) is 13.4. The van der Waals surface area contributed by atoms with Crippen molar-refractivity contribution in [2.75, 3.05) is 16.3 Å². The van der Waals surface area contributed by atoms with Crippen LogP contribution in [0.2, 0.25) is 0 Å². The fourth-order valence-corrected chi connectivity index (χ4v) is 3.15. The maximum Gasteiger partial charge on any atom is 0.516 e. The van der Waals surface area contributed by atoms with Gasteiger partial charge in [-0.3, -0.25) is 9.73 Å². The Hall–Kier alpha value is -2.62. The molecule has 0 aliphatic carbocycles. The molecule has 0 aliphatic heterocycles. The van der Waals surface area contributed by atoms with Crippen LogP contribution in [-0.4, -0.2) is 26.2 Å². The Bertz CT molecular complexity index is 1000. The van der Waals surface area contributed by atoms with Crippen molar-refractivity contribution in [3.8, 4) is 0 Å². The number of hydrazone groups is 1. The standard InChI is InChI=1S/C19H21F4N3O2S/c1-4-10-26(16-7-5-6-15(20)12-16)24-14(3)17-11-13(2)8-9-18(17)25-29(27,28)19(21,22)23/h5-9,11-12,25H,4,10H2,1-3H3/b24-14+. The van der Waals surface area contributed by atoms with E-state index < -0.39 is 21.3 Å². The first-order valence-electron chi connectivity index (χ1n) is 8.73. The third kappa shape index (κ3) is 5.69. The quantitative estimate of drug-likeness (QED) is 0.380. The highest BCUT2D eigenvalue weighted by Gasteiger charge is 2.46. The molecular formula is C19H21F4N3O2S. The van der Waals surface area contributed by atoms with E-state index in [-0.39, 0.29) is 17.0 Å². The number of sulfonamides is 1. The minimum atomic E-state index is -5.58. The number of halogens is 4.